The summed E-state index contributed by atoms with van der Waals surface area (Å²) >= 11 is 0. The minimum atomic E-state index is 0.812. The fourth-order valence-corrected chi connectivity index (χ4v) is 7.41. The molecule has 0 bridgehead atoms. The lowest BCUT2D eigenvalue weighted by Gasteiger charge is -2.17. The molecule has 0 fully saturated rings. The number of furan rings is 2. The summed E-state index contributed by atoms with van der Waals surface area (Å²) in [5.41, 5.74) is 8.29. The largest absolute Gasteiger partial charge is 0.456 e. The van der Waals surface area contributed by atoms with Crippen LogP contribution in [0.2, 0.25) is 0 Å². The number of fused-ring (bicyclic) bond motifs is 7. The molecule has 0 spiro atoms. The van der Waals surface area contributed by atoms with Crippen LogP contribution in [0.15, 0.2) is 167 Å². The molecule has 2 heterocycles. The third-order valence-electron chi connectivity index (χ3n) is 9.45. The molecule has 0 amide bonds. The molecule has 2 heteroatoms. The zero-order valence-corrected chi connectivity index (χ0v) is 24.8. The quantitative estimate of drug-likeness (QED) is 0.193. The number of rotatable bonds is 3. The summed E-state index contributed by atoms with van der Waals surface area (Å²) in [6.07, 6.45) is 0. The molecule has 46 heavy (non-hydrogen) atoms. The van der Waals surface area contributed by atoms with E-state index >= 15 is 0 Å². The highest BCUT2D eigenvalue weighted by molar-refractivity contribution is 6.24. The molecule has 0 unspecified atom stereocenters. The maximum atomic E-state index is 7.00. The first-order chi connectivity index (χ1) is 22.8. The first-order valence-electron chi connectivity index (χ1n) is 15.7. The van der Waals surface area contributed by atoms with Crippen LogP contribution in [0.1, 0.15) is 0 Å². The third kappa shape index (κ3) is 3.65. The molecule has 0 saturated carbocycles. The second-order valence-corrected chi connectivity index (χ2v) is 12.0. The second kappa shape index (κ2) is 9.69. The SMILES string of the molecule is c1ccc(-c2c(-c3c4ccccc4c(-c4ccc5ccccc5c4)c4ccccc34)oc3cc4oc5ccccc5c4cc23)cc1. The standard InChI is InChI=1S/C44H26O2/c1-2-13-28(14-3-1)42-37-25-36-31-16-10-11-21-38(31)45-39(36)26-40(37)46-44(42)43-34-19-8-6-17-32(34)41(33-18-7-9-20-35(33)43)30-23-22-27-12-4-5-15-29(27)24-30/h1-26H. The minimum Gasteiger partial charge on any atom is -0.456 e. The van der Waals surface area contributed by atoms with Crippen molar-refractivity contribution >= 4 is 65.2 Å². The van der Waals surface area contributed by atoms with Gasteiger partial charge in [0.15, 0.2) is 0 Å². The first-order valence-corrected chi connectivity index (χ1v) is 15.7. The van der Waals surface area contributed by atoms with Crippen molar-refractivity contribution in [3.8, 4) is 33.6 Å². The zero-order valence-electron chi connectivity index (χ0n) is 24.8. The predicted octanol–water partition coefficient (Wildman–Crippen LogP) is 12.8. The lowest BCUT2D eigenvalue weighted by atomic mass is 9.85. The van der Waals surface area contributed by atoms with Crippen molar-refractivity contribution in [2.75, 3.05) is 0 Å². The van der Waals surface area contributed by atoms with Gasteiger partial charge in [-0.1, -0.05) is 133 Å². The summed E-state index contributed by atoms with van der Waals surface area (Å²) in [5, 5.41) is 10.5. The van der Waals surface area contributed by atoms with Gasteiger partial charge >= 0.3 is 0 Å². The molecule has 2 nitrogen and oxygen atoms in total. The molecule has 214 valence electrons. The molecule has 0 aliphatic heterocycles. The number of benzene rings is 8. The van der Waals surface area contributed by atoms with Gasteiger partial charge in [-0.3, -0.25) is 0 Å². The van der Waals surface area contributed by atoms with E-state index in [0.29, 0.717) is 0 Å². The highest BCUT2D eigenvalue weighted by Crippen LogP contribution is 2.50. The molecular formula is C44H26O2. The van der Waals surface area contributed by atoms with Crippen molar-refractivity contribution in [2.24, 2.45) is 0 Å². The van der Waals surface area contributed by atoms with Gasteiger partial charge in [0, 0.05) is 33.4 Å². The van der Waals surface area contributed by atoms with Crippen LogP contribution in [-0.4, -0.2) is 0 Å². The van der Waals surface area contributed by atoms with E-state index < -0.39 is 0 Å². The van der Waals surface area contributed by atoms with Gasteiger partial charge in [0.2, 0.25) is 0 Å². The smallest absolute Gasteiger partial charge is 0.144 e. The van der Waals surface area contributed by atoms with E-state index in [4.69, 9.17) is 8.83 Å². The van der Waals surface area contributed by atoms with Crippen molar-refractivity contribution in [1.82, 2.24) is 0 Å². The van der Waals surface area contributed by atoms with Crippen LogP contribution in [-0.2, 0) is 0 Å². The summed E-state index contributed by atoms with van der Waals surface area (Å²) < 4.78 is 13.3. The van der Waals surface area contributed by atoms with E-state index in [9.17, 15) is 0 Å². The predicted molar refractivity (Wildman–Crippen MR) is 192 cm³/mol. The Balaban J connectivity index is 1.35. The molecule has 0 radical (unpaired) electrons. The molecule has 0 aliphatic carbocycles. The fourth-order valence-electron chi connectivity index (χ4n) is 7.41. The van der Waals surface area contributed by atoms with Gasteiger partial charge in [-0.05, 0) is 67.2 Å². The monoisotopic (exact) mass is 586 g/mol. The van der Waals surface area contributed by atoms with Crippen LogP contribution in [0.5, 0.6) is 0 Å². The van der Waals surface area contributed by atoms with Gasteiger partial charge in [-0.25, -0.2) is 0 Å². The van der Waals surface area contributed by atoms with E-state index in [-0.39, 0.29) is 0 Å². The van der Waals surface area contributed by atoms with Gasteiger partial charge in [-0.2, -0.15) is 0 Å². The fraction of sp³-hybridized carbons (Fsp3) is 0. The molecule has 0 atom stereocenters. The van der Waals surface area contributed by atoms with Gasteiger partial charge in [0.05, 0.1) is 0 Å². The number of para-hydroxylation sites is 1. The normalized spacial score (nSPS) is 11.9. The molecule has 10 aromatic rings. The Hall–Kier alpha value is -6.12. The molecule has 10 rings (SSSR count). The summed E-state index contributed by atoms with van der Waals surface area (Å²) in [7, 11) is 0. The lowest BCUT2D eigenvalue weighted by Crippen LogP contribution is -1.91. The van der Waals surface area contributed by atoms with E-state index in [1.54, 1.807) is 0 Å². The molecular weight excluding hydrogens is 560 g/mol. The van der Waals surface area contributed by atoms with Gasteiger partial charge in [0.1, 0.15) is 22.5 Å². The molecule has 0 N–H and O–H groups in total. The van der Waals surface area contributed by atoms with Crippen LogP contribution in [0, 0.1) is 0 Å². The Morgan fingerprint density at radius 1 is 0.283 bits per heavy atom. The van der Waals surface area contributed by atoms with Crippen LogP contribution < -0.4 is 0 Å². The topological polar surface area (TPSA) is 26.3 Å². The Morgan fingerprint density at radius 2 is 0.870 bits per heavy atom. The van der Waals surface area contributed by atoms with Crippen LogP contribution in [0.3, 0.4) is 0 Å². The van der Waals surface area contributed by atoms with Gasteiger partial charge < -0.3 is 8.83 Å². The second-order valence-electron chi connectivity index (χ2n) is 12.0. The maximum absolute atomic E-state index is 7.00. The molecule has 2 aromatic heterocycles. The van der Waals surface area contributed by atoms with E-state index in [0.717, 1.165) is 66.1 Å². The third-order valence-corrected chi connectivity index (χ3v) is 9.45. The van der Waals surface area contributed by atoms with E-state index in [1.165, 1.54) is 32.7 Å². The highest BCUT2D eigenvalue weighted by atomic mass is 16.3. The molecule has 8 aromatic carbocycles. The van der Waals surface area contributed by atoms with Gasteiger partial charge in [0.25, 0.3) is 0 Å². The minimum absolute atomic E-state index is 0.812. The van der Waals surface area contributed by atoms with Gasteiger partial charge in [-0.15, -0.1) is 0 Å². The molecule has 0 aliphatic rings. The Bertz CT molecular complexity index is 2740. The van der Waals surface area contributed by atoms with Crippen molar-refractivity contribution < 1.29 is 8.83 Å². The van der Waals surface area contributed by atoms with Crippen LogP contribution >= 0.6 is 0 Å². The van der Waals surface area contributed by atoms with Crippen molar-refractivity contribution in [2.45, 2.75) is 0 Å². The lowest BCUT2D eigenvalue weighted by molar-refractivity contribution is 0.630. The highest BCUT2D eigenvalue weighted by Gasteiger charge is 2.25. The van der Waals surface area contributed by atoms with Crippen molar-refractivity contribution in [3.05, 3.63) is 158 Å². The Labute approximate surface area is 264 Å². The zero-order chi connectivity index (χ0) is 30.2. The number of hydrogen-bond donors (Lipinski definition) is 0. The Kier molecular flexibility index (Phi) is 5.31. The number of hydrogen-bond acceptors (Lipinski definition) is 2. The van der Waals surface area contributed by atoms with E-state index in [1.807, 2.05) is 12.1 Å². The van der Waals surface area contributed by atoms with Crippen molar-refractivity contribution in [3.63, 3.8) is 0 Å². The van der Waals surface area contributed by atoms with Crippen LogP contribution in [0.4, 0.5) is 0 Å². The summed E-state index contributed by atoms with van der Waals surface area (Å²) in [6.45, 7) is 0. The molecule has 0 saturated heterocycles. The van der Waals surface area contributed by atoms with E-state index in [2.05, 4.69) is 146 Å². The maximum Gasteiger partial charge on any atom is 0.144 e. The van der Waals surface area contributed by atoms with Crippen LogP contribution in [0.25, 0.3) is 98.8 Å². The first kappa shape index (κ1) is 25.2. The van der Waals surface area contributed by atoms with Crippen molar-refractivity contribution in [1.29, 1.82) is 0 Å². The average Bonchev–Trinajstić information content (AvgIpc) is 3.67. The summed E-state index contributed by atoms with van der Waals surface area (Å²) in [5.74, 6) is 0.871. The summed E-state index contributed by atoms with van der Waals surface area (Å²) in [6, 6.07) is 56.1. The Morgan fingerprint density at radius 3 is 1.61 bits per heavy atom. The summed E-state index contributed by atoms with van der Waals surface area (Å²) in [4.78, 5) is 0. The average molecular weight is 587 g/mol.